The van der Waals surface area contributed by atoms with Gasteiger partial charge in [0.15, 0.2) is 0 Å². The highest BCUT2D eigenvalue weighted by atomic mass is 16.5. The smallest absolute Gasteiger partial charge is 0.305 e. The molecule has 0 aromatic rings. The Labute approximate surface area is 141 Å². The lowest BCUT2D eigenvalue weighted by atomic mass is 10.1. The molecule has 4 heteroatoms. The zero-order chi connectivity index (χ0) is 17.3. The average Bonchev–Trinajstić information content (AvgIpc) is 2.52. The lowest BCUT2D eigenvalue weighted by Crippen LogP contribution is -2.09. The first-order chi connectivity index (χ1) is 11.1. The van der Waals surface area contributed by atoms with Crippen LogP contribution >= 0.6 is 0 Å². The van der Waals surface area contributed by atoms with E-state index in [1.54, 1.807) is 0 Å². The summed E-state index contributed by atoms with van der Waals surface area (Å²) < 4.78 is 10.2. The molecule has 0 fully saturated rings. The predicted octanol–water partition coefficient (Wildman–Crippen LogP) is 4.82. The molecule has 0 spiro atoms. The molecule has 134 valence electrons. The lowest BCUT2D eigenvalue weighted by Gasteiger charge is -2.07. The molecule has 0 saturated carbocycles. The highest BCUT2D eigenvalue weighted by Crippen LogP contribution is 2.10. The third-order valence-corrected chi connectivity index (χ3v) is 3.41. The number of hydrogen-bond donors (Lipinski definition) is 0. The van der Waals surface area contributed by atoms with Crippen molar-refractivity contribution in [3.63, 3.8) is 0 Å². The van der Waals surface area contributed by atoms with Crippen molar-refractivity contribution in [2.24, 2.45) is 5.92 Å². The van der Waals surface area contributed by atoms with Crippen LogP contribution in [0, 0.1) is 5.92 Å². The molecule has 0 unspecified atom stereocenters. The fourth-order valence-corrected chi connectivity index (χ4v) is 2.06. The van der Waals surface area contributed by atoms with Gasteiger partial charge in [0, 0.05) is 12.8 Å². The van der Waals surface area contributed by atoms with Gasteiger partial charge in [-0.3, -0.25) is 9.59 Å². The summed E-state index contributed by atoms with van der Waals surface area (Å²) in [5.74, 6) is 0.215. The van der Waals surface area contributed by atoms with Crippen molar-refractivity contribution in [3.8, 4) is 0 Å². The van der Waals surface area contributed by atoms with E-state index in [0.29, 0.717) is 32.0 Å². The molecule has 0 radical (unpaired) electrons. The Kier molecular flexibility index (Phi) is 14.7. The quantitative estimate of drug-likeness (QED) is 0.246. The Morgan fingerprint density at radius 1 is 0.870 bits per heavy atom. The molecule has 0 bridgehead atoms. The standard InChI is InChI=1S/C19H34O4/c1-4-5-12-15-22-18(20)13-10-8-6-7-9-11-14-19(21)23-16-17(2)3/h4,17H,1,5-16H2,2-3H3. The average molecular weight is 326 g/mol. The second kappa shape index (κ2) is 15.6. The van der Waals surface area contributed by atoms with Crippen molar-refractivity contribution in [2.45, 2.75) is 78.1 Å². The Morgan fingerprint density at radius 2 is 1.39 bits per heavy atom. The normalized spacial score (nSPS) is 10.6. The summed E-state index contributed by atoms with van der Waals surface area (Å²) in [4.78, 5) is 22.8. The highest BCUT2D eigenvalue weighted by Gasteiger charge is 2.04. The van der Waals surface area contributed by atoms with Crippen molar-refractivity contribution >= 4 is 11.9 Å². The Bertz CT molecular complexity index is 323. The topological polar surface area (TPSA) is 52.6 Å². The molecular formula is C19H34O4. The minimum Gasteiger partial charge on any atom is -0.466 e. The van der Waals surface area contributed by atoms with Crippen molar-refractivity contribution in [3.05, 3.63) is 12.7 Å². The van der Waals surface area contributed by atoms with Gasteiger partial charge in [-0.15, -0.1) is 6.58 Å². The Morgan fingerprint density at radius 3 is 1.91 bits per heavy atom. The van der Waals surface area contributed by atoms with E-state index < -0.39 is 0 Å². The molecule has 0 atom stereocenters. The summed E-state index contributed by atoms with van der Waals surface area (Å²) in [5.41, 5.74) is 0. The second-order valence-electron chi connectivity index (χ2n) is 6.35. The van der Waals surface area contributed by atoms with Crippen molar-refractivity contribution in [1.29, 1.82) is 0 Å². The lowest BCUT2D eigenvalue weighted by molar-refractivity contribution is -0.145. The van der Waals surface area contributed by atoms with Gasteiger partial charge < -0.3 is 9.47 Å². The number of carbonyl (C=O) groups excluding carboxylic acids is 2. The van der Waals surface area contributed by atoms with Gasteiger partial charge in [-0.25, -0.2) is 0 Å². The van der Waals surface area contributed by atoms with Gasteiger partial charge in [0.05, 0.1) is 13.2 Å². The predicted molar refractivity (Wildman–Crippen MR) is 93.1 cm³/mol. The first kappa shape index (κ1) is 21.7. The van der Waals surface area contributed by atoms with Crippen LogP contribution in [-0.2, 0) is 19.1 Å². The maximum atomic E-state index is 11.4. The number of ether oxygens (including phenoxy) is 2. The Balaban J connectivity index is 3.28. The van der Waals surface area contributed by atoms with Gasteiger partial charge in [0.2, 0.25) is 0 Å². The van der Waals surface area contributed by atoms with Crippen LogP contribution < -0.4 is 0 Å². The van der Waals surface area contributed by atoms with Crippen LogP contribution in [-0.4, -0.2) is 25.2 Å². The van der Waals surface area contributed by atoms with Crippen LogP contribution in [0.25, 0.3) is 0 Å². The van der Waals surface area contributed by atoms with Gasteiger partial charge in [-0.05, 0) is 31.6 Å². The van der Waals surface area contributed by atoms with Crippen molar-refractivity contribution in [1.82, 2.24) is 0 Å². The third-order valence-electron chi connectivity index (χ3n) is 3.41. The molecule has 0 N–H and O–H groups in total. The first-order valence-corrected chi connectivity index (χ1v) is 8.98. The van der Waals surface area contributed by atoms with E-state index in [4.69, 9.17) is 9.47 Å². The second-order valence-corrected chi connectivity index (χ2v) is 6.35. The van der Waals surface area contributed by atoms with Gasteiger partial charge in [-0.1, -0.05) is 45.6 Å². The summed E-state index contributed by atoms with van der Waals surface area (Å²) in [6, 6.07) is 0. The zero-order valence-corrected chi connectivity index (χ0v) is 15.0. The number of carbonyl (C=O) groups is 2. The van der Waals surface area contributed by atoms with E-state index in [1.165, 1.54) is 0 Å². The molecular weight excluding hydrogens is 292 g/mol. The summed E-state index contributed by atoms with van der Waals surface area (Å²) in [6.07, 6.45) is 10.7. The molecule has 23 heavy (non-hydrogen) atoms. The van der Waals surface area contributed by atoms with Gasteiger partial charge in [-0.2, -0.15) is 0 Å². The van der Waals surface area contributed by atoms with Gasteiger partial charge >= 0.3 is 11.9 Å². The Hall–Kier alpha value is -1.32. The summed E-state index contributed by atoms with van der Waals surface area (Å²) in [5, 5.41) is 0. The molecule has 0 amide bonds. The van der Waals surface area contributed by atoms with E-state index >= 15 is 0 Å². The van der Waals surface area contributed by atoms with E-state index in [1.807, 2.05) is 19.9 Å². The monoisotopic (exact) mass is 326 g/mol. The fraction of sp³-hybridized carbons (Fsp3) is 0.789. The third kappa shape index (κ3) is 16.9. The van der Waals surface area contributed by atoms with Crippen LogP contribution in [0.2, 0.25) is 0 Å². The molecule has 4 nitrogen and oxygen atoms in total. The van der Waals surface area contributed by atoms with Crippen LogP contribution in [0.15, 0.2) is 12.7 Å². The molecule has 0 saturated heterocycles. The van der Waals surface area contributed by atoms with E-state index in [2.05, 4.69) is 6.58 Å². The first-order valence-electron chi connectivity index (χ1n) is 8.98. The summed E-state index contributed by atoms with van der Waals surface area (Å²) >= 11 is 0. The molecule has 0 rings (SSSR count). The largest absolute Gasteiger partial charge is 0.466 e. The molecule has 0 aromatic carbocycles. The van der Waals surface area contributed by atoms with Crippen LogP contribution in [0.4, 0.5) is 0 Å². The van der Waals surface area contributed by atoms with Crippen molar-refractivity contribution in [2.75, 3.05) is 13.2 Å². The number of allylic oxidation sites excluding steroid dienone is 1. The number of hydrogen-bond acceptors (Lipinski definition) is 4. The minimum atomic E-state index is -0.0954. The van der Waals surface area contributed by atoms with Crippen LogP contribution in [0.3, 0.4) is 0 Å². The van der Waals surface area contributed by atoms with Crippen LogP contribution in [0.1, 0.15) is 78.1 Å². The van der Waals surface area contributed by atoms with E-state index in [0.717, 1.165) is 51.4 Å². The number of esters is 2. The molecule has 0 aliphatic heterocycles. The van der Waals surface area contributed by atoms with E-state index in [9.17, 15) is 9.59 Å². The number of rotatable bonds is 15. The maximum Gasteiger partial charge on any atom is 0.305 e. The molecule has 0 aromatic heterocycles. The maximum absolute atomic E-state index is 11.4. The summed E-state index contributed by atoms with van der Waals surface area (Å²) in [7, 11) is 0. The van der Waals surface area contributed by atoms with E-state index in [-0.39, 0.29) is 11.9 Å². The molecule has 0 heterocycles. The number of unbranched alkanes of at least 4 members (excludes halogenated alkanes) is 6. The fourth-order valence-electron chi connectivity index (χ4n) is 2.06. The summed E-state index contributed by atoms with van der Waals surface area (Å²) in [6.45, 7) is 8.71. The molecule has 0 aliphatic carbocycles. The minimum absolute atomic E-state index is 0.0853. The van der Waals surface area contributed by atoms with Gasteiger partial charge in [0.25, 0.3) is 0 Å². The van der Waals surface area contributed by atoms with Crippen molar-refractivity contribution < 1.29 is 19.1 Å². The highest BCUT2D eigenvalue weighted by molar-refractivity contribution is 5.69. The zero-order valence-electron chi connectivity index (χ0n) is 15.0. The molecule has 0 aliphatic rings. The van der Waals surface area contributed by atoms with Gasteiger partial charge in [0.1, 0.15) is 0 Å². The van der Waals surface area contributed by atoms with Crippen LogP contribution in [0.5, 0.6) is 0 Å². The SMILES string of the molecule is C=CCCCOC(=O)CCCCCCCCC(=O)OCC(C)C.